The molecule has 0 saturated carbocycles. The summed E-state index contributed by atoms with van der Waals surface area (Å²) in [5.41, 5.74) is 11.1. The molecule has 1 unspecified atom stereocenters. The number of fused-ring (bicyclic) bond motifs is 1. The predicted molar refractivity (Wildman–Crippen MR) is 176 cm³/mol. The maximum absolute atomic E-state index is 13.2. The average Bonchev–Trinajstić information content (AvgIpc) is 3.04. The van der Waals surface area contributed by atoms with Gasteiger partial charge in [0.25, 0.3) is 0 Å². The number of nitriles is 2. The lowest BCUT2D eigenvalue weighted by atomic mass is 9.94. The summed E-state index contributed by atoms with van der Waals surface area (Å²) >= 11 is 1.08. The minimum Gasteiger partial charge on any atom is -0.478 e. The largest absolute Gasteiger partial charge is 0.478 e. The number of amides is 1. The highest BCUT2D eigenvalue weighted by atomic mass is 32.2. The summed E-state index contributed by atoms with van der Waals surface area (Å²) in [6.07, 6.45) is 0. The molecule has 0 radical (unpaired) electrons. The van der Waals surface area contributed by atoms with E-state index < -0.39 is 11.2 Å². The number of carboxylic acids is 1. The minimum atomic E-state index is -1.04. The van der Waals surface area contributed by atoms with Gasteiger partial charge in [-0.2, -0.15) is 10.5 Å². The second-order valence-electron chi connectivity index (χ2n) is 10.6. The number of nitrogens with one attached hydrogen (secondary N) is 1. The summed E-state index contributed by atoms with van der Waals surface area (Å²) in [7, 11) is 0. The molecule has 0 aliphatic carbocycles. The number of nitrogens with two attached hydrogens (primary N) is 1. The van der Waals surface area contributed by atoms with Crippen molar-refractivity contribution in [2.24, 2.45) is 0 Å². The van der Waals surface area contributed by atoms with Crippen LogP contribution in [0.1, 0.15) is 53.7 Å². The molecule has 0 spiro atoms. The van der Waals surface area contributed by atoms with Crippen LogP contribution in [0.2, 0.25) is 0 Å². The first-order chi connectivity index (χ1) is 21.6. The Kier molecular flexibility index (Phi) is 8.80. The fourth-order valence-electron chi connectivity index (χ4n) is 4.90. The van der Waals surface area contributed by atoms with Crippen molar-refractivity contribution in [2.45, 2.75) is 37.0 Å². The molecular formula is C35H28N6O3S. The first kappa shape index (κ1) is 30.7. The SMILES string of the molecule is CC(Sc1nc(N)c(C#N)c(-c2ccc(C(C)C)cc2)c1C#N)C(=O)Nc1ccc(-c2cc(C(=O)O)c3ccccc3n2)cc1. The molecule has 10 heteroatoms. The van der Waals surface area contributed by atoms with Crippen LogP contribution in [0.25, 0.3) is 33.3 Å². The number of aromatic carboxylic acids is 1. The number of carboxylic acid groups (broad SMARTS) is 1. The topological polar surface area (TPSA) is 166 Å². The standard InChI is InChI=1S/C35H28N6O3S/c1-19(2)21-8-10-23(11-9-21)31-27(17-36)32(38)41-34(28(31)18-37)45-20(3)33(42)39-24-14-12-22(13-15-24)30-16-26(35(43)44)25-6-4-5-7-29(25)40-30/h4-16,19-20H,1-3H3,(H2,38,41)(H,39,42)(H,43,44). The molecular weight excluding hydrogens is 584 g/mol. The number of hydrogen-bond donors (Lipinski definition) is 3. The van der Waals surface area contributed by atoms with E-state index in [1.54, 1.807) is 55.5 Å². The Hall–Kier alpha value is -5.71. The number of carbonyl (C=O) groups excluding carboxylic acids is 1. The van der Waals surface area contributed by atoms with Crippen LogP contribution in [-0.2, 0) is 4.79 Å². The zero-order chi connectivity index (χ0) is 32.2. The van der Waals surface area contributed by atoms with Crippen molar-refractivity contribution in [3.05, 3.63) is 101 Å². The third kappa shape index (κ3) is 6.32. The number of thioether (sulfide) groups is 1. The molecule has 3 aromatic carbocycles. The number of pyridine rings is 2. The van der Waals surface area contributed by atoms with Gasteiger partial charge in [-0.05, 0) is 48.2 Å². The summed E-state index contributed by atoms with van der Waals surface area (Å²) in [6.45, 7) is 5.85. The molecule has 2 heterocycles. The average molecular weight is 613 g/mol. The summed E-state index contributed by atoms with van der Waals surface area (Å²) in [5.74, 6) is -1.08. The Morgan fingerprint density at radius 3 is 2.16 bits per heavy atom. The minimum absolute atomic E-state index is 0.0153. The van der Waals surface area contributed by atoms with Crippen LogP contribution in [0.4, 0.5) is 11.5 Å². The van der Waals surface area contributed by atoms with E-state index in [9.17, 15) is 25.2 Å². The molecule has 1 amide bonds. The molecule has 5 rings (SSSR count). The molecule has 0 saturated heterocycles. The van der Waals surface area contributed by atoms with Gasteiger partial charge in [0.2, 0.25) is 5.91 Å². The summed E-state index contributed by atoms with van der Waals surface area (Å²) in [4.78, 5) is 34.0. The number of benzene rings is 3. The maximum Gasteiger partial charge on any atom is 0.336 e. The summed E-state index contributed by atoms with van der Waals surface area (Å²) in [5, 5.41) is 32.7. The molecule has 9 nitrogen and oxygen atoms in total. The molecule has 4 N–H and O–H groups in total. The molecule has 222 valence electrons. The molecule has 0 aliphatic rings. The van der Waals surface area contributed by atoms with Gasteiger partial charge in [-0.3, -0.25) is 4.79 Å². The number of carbonyl (C=O) groups is 2. The van der Waals surface area contributed by atoms with Gasteiger partial charge in [0, 0.05) is 22.2 Å². The molecule has 0 fully saturated rings. The Labute approximate surface area is 264 Å². The molecule has 1 atom stereocenters. The van der Waals surface area contributed by atoms with Crippen LogP contribution in [0, 0.1) is 22.7 Å². The van der Waals surface area contributed by atoms with E-state index in [1.165, 1.54) is 6.07 Å². The number of nitrogen functional groups attached to an aromatic ring is 1. The lowest BCUT2D eigenvalue weighted by molar-refractivity contribution is -0.115. The highest BCUT2D eigenvalue weighted by molar-refractivity contribution is 8.00. The molecule has 2 aromatic heterocycles. The fraction of sp³-hybridized carbons (Fsp3) is 0.143. The molecule has 45 heavy (non-hydrogen) atoms. The second-order valence-corrected chi connectivity index (χ2v) is 12.0. The Morgan fingerprint density at radius 1 is 0.889 bits per heavy atom. The van der Waals surface area contributed by atoms with Crippen molar-refractivity contribution < 1.29 is 14.7 Å². The first-order valence-corrected chi connectivity index (χ1v) is 14.9. The monoisotopic (exact) mass is 612 g/mol. The lowest BCUT2D eigenvalue weighted by Gasteiger charge is -2.16. The van der Waals surface area contributed by atoms with E-state index in [0.717, 1.165) is 17.3 Å². The van der Waals surface area contributed by atoms with Gasteiger partial charge in [0.15, 0.2) is 0 Å². The van der Waals surface area contributed by atoms with E-state index in [-0.39, 0.29) is 33.4 Å². The zero-order valence-electron chi connectivity index (χ0n) is 24.7. The smallest absolute Gasteiger partial charge is 0.336 e. The van der Waals surface area contributed by atoms with Crippen molar-refractivity contribution in [2.75, 3.05) is 11.1 Å². The van der Waals surface area contributed by atoms with Crippen molar-refractivity contribution in [3.8, 4) is 34.5 Å². The lowest BCUT2D eigenvalue weighted by Crippen LogP contribution is -2.22. The molecule has 5 aromatic rings. The van der Waals surface area contributed by atoms with Gasteiger partial charge >= 0.3 is 5.97 Å². The third-order valence-electron chi connectivity index (χ3n) is 7.33. The Balaban J connectivity index is 1.37. The van der Waals surface area contributed by atoms with Crippen LogP contribution in [-0.4, -0.2) is 32.2 Å². The third-order valence-corrected chi connectivity index (χ3v) is 8.42. The van der Waals surface area contributed by atoms with Crippen LogP contribution in [0.3, 0.4) is 0 Å². The first-order valence-electron chi connectivity index (χ1n) is 14.1. The van der Waals surface area contributed by atoms with Gasteiger partial charge in [0.05, 0.1) is 27.6 Å². The van der Waals surface area contributed by atoms with Gasteiger partial charge in [-0.15, -0.1) is 0 Å². The maximum atomic E-state index is 13.2. The van der Waals surface area contributed by atoms with Crippen LogP contribution >= 0.6 is 11.8 Å². The highest BCUT2D eigenvalue weighted by Crippen LogP contribution is 2.37. The van der Waals surface area contributed by atoms with Crippen LogP contribution in [0.15, 0.2) is 83.9 Å². The van der Waals surface area contributed by atoms with Crippen LogP contribution in [0.5, 0.6) is 0 Å². The van der Waals surface area contributed by atoms with Crippen molar-refractivity contribution in [1.29, 1.82) is 10.5 Å². The number of aromatic nitrogens is 2. The van der Waals surface area contributed by atoms with E-state index in [4.69, 9.17) is 5.73 Å². The van der Waals surface area contributed by atoms with Gasteiger partial charge < -0.3 is 16.2 Å². The van der Waals surface area contributed by atoms with Gasteiger partial charge in [0.1, 0.15) is 28.5 Å². The number of nitrogens with zero attached hydrogens (tertiary/aromatic N) is 4. The molecule has 0 aliphatic heterocycles. The molecule has 0 bridgehead atoms. The number of para-hydroxylation sites is 1. The van der Waals surface area contributed by atoms with E-state index in [0.29, 0.717) is 44.9 Å². The number of hydrogen-bond acceptors (Lipinski definition) is 8. The predicted octanol–water partition coefficient (Wildman–Crippen LogP) is 7.23. The Morgan fingerprint density at radius 2 is 1.53 bits per heavy atom. The zero-order valence-corrected chi connectivity index (χ0v) is 25.5. The fourth-order valence-corrected chi connectivity index (χ4v) is 5.81. The summed E-state index contributed by atoms with van der Waals surface area (Å²) in [6, 6.07) is 27.4. The van der Waals surface area contributed by atoms with E-state index >= 15 is 0 Å². The number of anilines is 2. The van der Waals surface area contributed by atoms with Gasteiger partial charge in [-0.1, -0.05) is 80.2 Å². The quantitative estimate of drug-likeness (QED) is 0.153. The Bertz CT molecular complexity index is 2030. The van der Waals surface area contributed by atoms with Crippen LogP contribution < -0.4 is 11.1 Å². The second kappa shape index (κ2) is 12.9. The van der Waals surface area contributed by atoms with Gasteiger partial charge in [-0.25, -0.2) is 14.8 Å². The van der Waals surface area contributed by atoms with Crippen molar-refractivity contribution in [1.82, 2.24) is 9.97 Å². The van der Waals surface area contributed by atoms with E-state index in [1.807, 2.05) is 24.3 Å². The van der Waals surface area contributed by atoms with Crippen molar-refractivity contribution >= 4 is 46.0 Å². The highest BCUT2D eigenvalue weighted by Gasteiger charge is 2.24. The van der Waals surface area contributed by atoms with Crippen molar-refractivity contribution in [3.63, 3.8) is 0 Å². The number of rotatable bonds is 8. The summed E-state index contributed by atoms with van der Waals surface area (Å²) < 4.78 is 0. The van der Waals surface area contributed by atoms with E-state index in [2.05, 4.69) is 41.3 Å². The normalized spacial score (nSPS) is 11.5.